The molecule has 0 atom stereocenters. The van der Waals surface area contributed by atoms with E-state index in [0.717, 1.165) is 16.7 Å². The second-order valence-corrected chi connectivity index (χ2v) is 5.92. The maximum atomic E-state index is 12.4. The van der Waals surface area contributed by atoms with Crippen LogP contribution in [-0.4, -0.2) is 25.7 Å². The largest absolute Gasteiger partial charge is 0.298 e. The van der Waals surface area contributed by atoms with Gasteiger partial charge in [-0.25, -0.2) is 14.6 Å². The fraction of sp³-hybridized carbons (Fsp3) is 0.286. The number of nitrogens with one attached hydrogen (secondary N) is 1. The maximum Gasteiger partial charge on any atom is 0.258 e. The van der Waals surface area contributed by atoms with E-state index in [9.17, 15) is 4.79 Å². The molecule has 7 heteroatoms. The monoisotopic (exact) mass is 301 g/mol. The molecule has 3 heterocycles. The van der Waals surface area contributed by atoms with Crippen molar-refractivity contribution >= 4 is 33.4 Å². The van der Waals surface area contributed by atoms with Crippen molar-refractivity contribution in [2.24, 2.45) is 0 Å². The molecule has 3 aromatic heterocycles. The number of fused-ring (bicyclic) bond motifs is 1. The third kappa shape index (κ3) is 2.52. The van der Waals surface area contributed by atoms with Crippen LogP contribution in [0.2, 0.25) is 0 Å². The van der Waals surface area contributed by atoms with Crippen molar-refractivity contribution in [3.8, 4) is 0 Å². The van der Waals surface area contributed by atoms with Crippen LogP contribution in [0.3, 0.4) is 0 Å². The molecule has 1 N–H and O–H groups in total. The fourth-order valence-corrected chi connectivity index (χ4v) is 2.68. The van der Waals surface area contributed by atoms with E-state index < -0.39 is 0 Å². The standard InChI is InChI=1S/C14H15N5OS/c1-8(2)19-12-11(7-16-19)10(6-9(3)17-12)13(20)18-14-15-4-5-21-14/h4-8H,1-3H3,(H,15,18,20). The van der Waals surface area contributed by atoms with Crippen LogP contribution in [0.5, 0.6) is 0 Å². The summed E-state index contributed by atoms with van der Waals surface area (Å²) in [4.78, 5) is 21.0. The van der Waals surface area contributed by atoms with Crippen LogP contribution in [0.25, 0.3) is 11.0 Å². The molecule has 0 aliphatic carbocycles. The number of aryl methyl sites for hydroxylation is 1. The Morgan fingerprint density at radius 3 is 2.90 bits per heavy atom. The number of anilines is 1. The van der Waals surface area contributed by atoms with Gasteiger partial charge in [0.1, 0.15) is 0 Å². The minimum absolute atomic E-state index is 0.187. The number of thiazole rings is 1. The first-order valence-electron chi connectivity index (χ1n) is 6.62. The molecule has 3 aromatic rings. The van der Waals surface area contributed by atoms with Crippen LogP contribution in [0, 0.1) is 6.92 Å². The third-order valence-electron chi connectivity index (χ3n) is 3.08. The van der Waals surface area contributed by atoms with Gasteiger partial charge in [-0.15, -0.1) is 11.3 Å². The van der Waals surface area contributed by atoms with Crippen molar-refractivity contribution in [2.45, 2.75) is 26.8 Å². The average Bonchev–Trinajstić information content (AvgIpc) is 3.06. The smallest absolute Gasteiger partial charge is 0.258 e. The summed E-state index contributed by atoms with van der Waals surface area (Å²) in [5.74, 6) is -0.191. The number of pyridine rings is 1. The Bertz CT molecular complexity index is 791. The summed E-state index contributed by atoms with van der Waals surface area (Å²) in [6.45, 7) is 5.94. The average molecular weight is 301 g/mol. The van der Waals surface area contributed by atoms with Gasteiger partial charge in [0.2, 0.25) is 0 Å². The summed E-state index contributed by atoms with van der Waals surface area (Å²) in [6.07, 6.45) is 3.35. The number of nitrogens with zero attached hydrogens (tertiary/aromatic N) is 4. The molecular weight excluding hydrogens is 286 g/mol. The van der Waals surface area contributed by atoms with E-state index >= 15 is 0 Å². The number of hydrogen-bond acceptors (Lipinski definition) is 5. The lowest BCUT2D eigenvalue weighted by atomic mass is 10.1. The SMILES string of the molecule is Cc1cc(C(=O)Nc2nccs2)c2cnn(C(C)C)c2n1. The van der Waals surface area contributed by atoms with Gasteiger partial charge >= 0.3 is 0 Å². The van der Waals surface area contributed by atoms with Crippen molar-refractivity contribution in [2.75, 3.05) is 5.32 Å². The highest BCUT2D eigenvalue weighted by Crippen LogP contribution is 2.22. The van der Waals surface area contributed by atoms with Gasteiger partial charge in [0.15, 0.2) is 10.8 Å². The maximum absolute atomic E-state index is 12.4. The molecule has 0 aromatic carbocycles. The van der Waals surface area contributed by atoms with Crippen LogP contribution in [0.1, 0.15) is 35.9 Å². The lowest BCUT2D eigenvalue weighted by Crippen LogP contribution is -2.13. The molecule has 6 nitrogen and oxygen atoms in total. The zero-order chi connectivity index (χ0) is 15.0. The molecule has 21 heavy (non-hydrogen) atoms. The number of aromatic nitrogens is 4. The lowest BCUT2D eigenvalue weighted by molar-refractivity contribution is 0.102. The minimum Gasteiger partial charge on any atom is -0.298 e. The first-order chi connectivity index (χ1) is 10.1. The Balaban J connectivity index is 2.07. The second-order valence-electron chi connectivity index (χ2n) is 5.02. The first-order valence-corrected chi connectivity index (χ1v) is 7.50. The van der Waals surface area contributed by atoms with E-state index in [-0.39, 0.29) is 11.9 Å². The summed E-state index contributed by atoms with van der Waals surface area (Å²) < 4.78 is 1.82. The predicted octanol–water partition coefficient (Wildman–Crippen LogP) is 3.03. The van der Waals surface area contributed by atoms with Crippen molar-refractivity contribution in [3.05, 3.63) is 35.1 Å². The minimum atomic E-state index is -0.191. The molecule has 0 bridgehead atoms. The molecule has 0 aliphatic heterocycles. The van der Waals surface area contributed by atoms with Gasteiger partial charge < -0.3 is 0 Å². The van der Waals surface area contributed by atoms with Gasteiger partial charge in [0.25, 0.3) is 5.91 Å². The fourth-order valence-electron chi connectivity index (χ4n) is 2.16. The number of amides is 1. The normalized spacial score (nSPS) is 11.2. The third-order valence-corrected chi connectivity index (χ3v) is 3.77. The van der Waals surface area contributed by atoms with Crippen molar-refractivity contribution in [3.63, 3.8) is 0 Å². The van der Waals surface area contributed by atoms with Crippen molar-refractivity contribution in [1.29, 1.82) is 0 Å². The van der Waals surface area contributed by atoms with Gasteiger partial charge in [0.05, 0.1) is 17.1 Å². The van der Waals surface area contributed by atoms with Gasteiger partial charge in [-0.1, -0.05) is 0 Å². The Kier molecular flexibility index (Phi) is 3.42. The summed E-state index contributed by atoms with van der Waals surface area (Å²) >= 11 is 1.39. The molecule has 1 amide bonds. The van der Waals surface area contributed by atoms with Gasteiger partial charge in [0, 0.05) is 23.3 Å². The van der Waals surface area contributed by atoms with Crippen LogP contribution in [0.15, 0.2) is 23.8 Å². The molecule has 0 unspecified atom stereocenters. The second kappa shape index (κ2) is 5.25. The molecule has 0 saturated heterocycles. The van der Waals surface area contributed by atoms with E-state index in [2.05, 4.69) is 20.4 Å². The first kappa shape index (κ1) is 13.7. The molecule has 3 rings (SSSR count). The van der Waals surface area contributed by atoms with E-state index in [1.165, 1.54) is 11.3 Å². The Morgan fingerprint density at radius 1 is 1.43 bits per heavy atom. The summed E-state index contributed by atoms with van der Waals surface area (Å²) in [5.41, 5.74) is 2.09. The zero-order valence-electron chi connectivity index (χ0n) is 12.0. The van der Waals surface area contributed by atoms with Crippen LogP contribution >= 0.6 is 11.3 Å². The number of carbonyl (C=O) groups excluding carboxylic acids is 1. The quantitative estimate of drug-likeness (QED) is 0.807. The van der Waals surface area contributed by atoms with Gasteiger partial charge in [-0.2, -0.15) is 5.10 Å². The van der Waals surface area contributed by atoms with E-state index in [1.807, 2.05) is 30.8 Å². The molecule has 0 saturated carbocycles. The summed E-state index contributed by atoms with van der Waals surface area (Å²) in [7, 11) is 0. The molecule has 0 radical (unpaired) electrons. The highest BCUT2D eigenvalue weighted by atomic mass is 32.1. The highest BCUT2D eigenvalue weighted by molar-refractivity contribution is 7.13. The predicted molar refractivity (Wildman–Crippen MR) is 82.7 cm³/mol. The molecule has 0 aliphatic rings. The Labute approximate surface area is 125 Å². The van der Waals surface area contributed by atoms with Crippen molar-refractivity contribution in [1.82, 2.24) is 19.7 Å². The van der Waals surface area contributed by atoms with Crippen molar-refractivity contribution < 1.29 is 4.79 Å². The van der Waals surface area contributed by atoms with Crippen LogP contribution < -0.4 is 5.32 Å². The van der Waals surface area contributed by atoms with E-state index in [4.69, 9.17) is 0 Å². The number of hydrogen-bond donors (Lipinski definition) is 1. The Morgan fingerprint density at radius 2 is 2.24 bits per heavy atom. The zero-order valence-corrected chi connectivity index (χ0v) is 12.8. The topological polar surface area (TPSA) is 72.7 Å². The summed E-state index contributed by atoms with van der Waals surface area (Å²) in [5, 5.41) is 10.3. The number of rotatable bonds is 3. The van der Waals surface area contributed by atoms with Gasteiger partial charge in [-0.3, -0.25) is 10.1 Å². The molecular formula is C14H15N5OS. The molecule has 0 fully saturated rings. The highest BCUT2D eigenvalue weighted by Gasteiger charge is 2.17. The van der Waals surface area contributed by atoms with Crippen LogP contribution in [0.4, 0.5) is 5.13 Å². The van der Waals surface area contributed by atoms with E-state index in [1.54, 1.807) is 18.5 Å². The Hall–Kier alpha value is -2.28. The molecule has 0 spiro atoms. The number of carbonyl (C=O) groups is 1. The van der Waals surface area contributed by atoms with Crippen LogP contribution in [-0.2, 0) is 0 Å². The summed E-state index contributed by atoms with van der Waals surface area (Å²) in [6, 6.07) is 1.96. The van der Waals surface area contributed by atoms with E-state index in [0.29, 0.717) is 10.7 Å². The van der Waals surface area contributed by atoms with Gasteiger partial charge in [-0.05, 0) is 26.8 Å². The molecule has 108 valence electrons. The lowest BCUT2D eigenvalue weighted by Gasteiger charge is -2.08.